The Bertz CT molecular complexity index is 1170. The van der Waals surface area contributed by atoms with E-state index in [0.717, 1.165) is 16.5 Å². The van der Waals surface area contributed by atoms with E-state index in [2.05, 4.69) is 15.6 Å². The molecule has 7 heteroatoms. The van der Waals surface area contributed by atoms with Crippen LogP contribution in [0.3, 0.4) is 0 Å². The summed E-state index contributed by atoms with van der Waals surface area (Å²) in [5.41, 5.74) is 3.09. The fourth-order valence-corrected chi connectivity index (χ4v) is 3.14. The number of para-hydroxylation sites is 1. The van der Waals surface area contributed by atoms with Crippen LogP contribution in [0.5, 0.6) is 0 Å². The molecule has 0 radical (unpaired) electrons. The number of urea groups is 1. The monoisotopic (exact) mass is 397 g/mol. The second-order valence-electron chi connectivity index (χ2n) is 6.14. The van der Waals surface area contributed by atoms with Gasteiger partial charge in [-0.1, -0.05) is 29.8 Å². The molecule has 4 rings (SSSR count). The SMILES string of the molecule is O=C(Nc1ccc(F)c(Cl)c1)Nc1c(-c2ccc(F)cc2)[nH]c2ccccc12. The second-order valence-corrected chi connectivity index (χ2v) is 6.54. The molecule has 0 aliphatic rings. The number of hydrogen-bond donors (Lipinski definition) is 3. The second kappa shape index (κ2) is 7.32. The van der Waals surface area contributed by atoms with E-state index in [1.54, 1.807) is 12.1 Å². The van der Waals surface area contributed by atoms with Crippen molar-refractivity contribution >= 4 is 39.9 Å². The van der Waals surface area contributed by atoms with E-state index < -0.39 is 11.8 Å². The Kier molecular flexibility index (Phi) is 4.71. The van der Waals surface area contributed by atoms with Gasteiger partial charge in [0.1, 0.15) is 11.6 Å². The van der Waals surface area contributed by atoms with Gasteiger partial charge in [-0.15, -0.1) is 0 Å². The molecular weight excluding hydrogens is 384 g/mol. The fourth-order valence-electron chi connectivity index (χ4n) is 2.95. The number of fused-ring (bicyclic) bond motifs is 1. The van der Waals surface area contributed by atoms with Crippen LogP contribution in [0.2, 0.25) is 5.02 Å². The highest BCUT2D eigenvalue weighted by Crippen LogP contribution is 2.35. The smallest absolute Gasteiger partial charge is 0.323 e. The highest BCUT2D eigenvalue weighted by Gasteiger charge is 2.16. The molecule has 0 aliphatic carbocycles. The topological polar surface area (TPSA) is 56.9 Å². The van der Waals surface area contributed by atoms with Crippen molar-refractivity contribution in [1.82, 2.24) is 4.98 Å². The van der Waals surface area contributed by atoms with Crippen LogP contribution in [0.15, 0.2) is 66.7 Å². The maximum Gasteiger partial charge on any atom is 0.323 e. The van der Waals surface area contributed by atoms with Crippen molar-refractivity contribution in [1.29, 1.82) is 0 Å². The number of H-pyrrole nitrogens is 1. The maximum atomic E-state index is 13.3. The van der Waals surface area contributed by atoms with E-state index in [9.17, 15) is 13.6 Å². The lowest BCUT2D eigenvalue weighted by Gasteiger charge is -2.10. The number of nitrogens with one attached hydrogen (secondary N) is 3. The Labute approximate surface area is 164 Å². The van der Waals surface area contributed by atoms with Crippen LogP contribution in [0.25, 0.3) is 22.2 Å². The minimum Gasteiger partial charge on any atom is -0.353 e. The molecule has 0 saturated heterocycles. The van der Waals surface area contributed by atoms with E-state index in [4.69, 9.17) is 11.6 Å². The quantitative estimate of drug-likeness (QED) is 0.367. The summed E-state index contributed by atoms with van der Waals surface area (Å²) >= 11 is 5.75. The summed E-state index contributed by atoms with van der Waals surface area (Å²) in [4.78, 5) is 15.8. The number of carbonyl (C=O) groups excluding carboxylic acids is 1. The Morgan fingerprint density at radius 2 is 1.68 bits per heavy atom. The highest BCUT2D eigenvalue weighted by molar-refractivity contribution is 6.31. The third-order valence-corrected chi connectivity index (χ3v) is 4.54. The summed E-state index contributed by atoms with van der Waals surface area (Å²) in [6, 6.07) is 16.8. The first kappa shape index (κ1) is 18.0. The molecule has 0 fully saturated rings. The number of benzene rings is 3. The van der Waals surface area contributed by atoms with Crippen LogP contribution < -0.4 is 10.6 Å². The average molecular weight is 398 g/mol. The molecule has 0 saturated carbocycles. The predicted octanol–water partition coefficient (Wildman–Crippen LogP) is 6.41. The Morgan fingerprint density at radius 1 is 0.929 bits per heavy atom. The van der Waals surface area contributed by atoms with Crippen molar-refractivity contribution in [3.05, 3.63) is 83.4 Å². The van der Waals surface area contributed by atoms with E-state index in [1.165, 1.54) is 30.3 Å². The third kappa shape index (κ3) is 3.54. The average Bonchev–Trinajstić information content (AvgIpc) is 3.04. The Morgan fingerprint density at radius 3 is 2.43 bits per heavy atom. The summed E-state index contributed by atoms with van der Waals surface area (Å²) in [6.07, 6.45) is 0. The molecule has 0 spiro atoms. The summed E-state index contributed by atoms with van der Waals surface area (Å²) in [7, 11) is 0. The zero-order valence-corrected chi connectivity index (χ0v) is 15.1. The van der Waals surface area contributed by atoms with Gasteiger partial charge in [-0.3, -0.25) is 0 Å². The van der Waals surface area contributed by atoms with Crippen LogP contribution in [-0.4, -0.2) is 11.0 Å². The van der Waals surface area contributed by atoms with E-state index in [1.807, 2.05) is 24.3 Å². The molecule has 0 bridgehead atoms. The fraction of sp³-hybridized carbons (Fsp3) is 0. The largest absolute Gasteiger partial charge is 0.353 e. The molecule has 1 heterocycles. The first-order valence-corrected chi connectivity index (χ1v) is 8.79. The van der Waals surface area contributed by atoms with Crippen molar-refractivity contribution in [2.24, 2.45) is 0 Å². The van der Waals surface area contributed by atoms with Gasteiger partial charge in [0.05, 0.1) is 16.4 Å². The van der Waals surface area contributed by atoms with Crippen LogP contribution in [0, 0.1) is 11.6 Å². The normalized spacial score (nSPS) is 10.8. The van der Waals surface area contributed by atoms with Gasteiger partial charge in [0.2, 0.25) is 0 Å². The number of anilines is 2. The standard InChI is InChI=1S/C21H14ClF2N3O/c22-16-11-14(9-10-17(16)24)25-21(28)27-20-15-3-1-2-4-18(15)26-19(20)12-5-7-13(23)8-6-12/h1-11,26H,(H2,25,27,28). The van der Waals surface area contributed by atoms with Crippen LogP contribution >= 0.6 is 11.6 Å². The number of rotatable bonds is 3. The molecule has 3 N–H and O–H groups in total. The minimum atomic E-state index is -0.567. The van der Waals surface area contributed by atoms with E-state index >= 15 is 0 Å². The van der Waals surface area contributed by atoms with E-state index in [0.29, 0.717) is 17.1 Å². The molecule has 3 aromatic carbocycles. The number of halogens is 3. The van der Waals surface area contributed by atoms with Gasteiger partial charge in [0.15, 0.2) is 0 Å². The minimum absolute atomic E-state index is 0.0862. The number of amides is 2. The Balaban J connectivity index is 1.68. The zero-order chi connectivity index (χ0) is 19.7. The van der Waals surface area contributed by atoms with Crippen LogP contribution in [-0.2, 0) is 0 Å². The van der Waals surface area contributed by atoms with Gasteiger partial charge < -0.3 is 15.6 Å². The summed E-state index contributed by atoms with van der Waals surface area (Å²) < 4.78 is 26.6. The molecule has 2 amide bonds. The number of hydrogen-bond acceptors (Lipinski definition) is 1. The van der Waals surface area contributed by atoms with Gasteiger partial charge in [-0.25, -0.2) is 13.6 Å². The van der Waals surface area contributed by atoms with Gasteiger partial charge in [0, 0.05) is 22.2 Å². The first-order valence-electron chi connectivity index (χ1n) is 8.41. The molecule has 4 aromatic rings. The van der Waals surface area contributed by atoms with Gasteiger partial charge >= 0.3 is 6.03 Å². The Hall–Kier alpha value is -3.38. The van der Waals surface area contributed by atoms with E-state index in [-0.39, 0.29) is 10.8 Å². The molecule has 0 unspecified atom stereocenters. The van der Waals surface area contributed by atoms with Gasteiger partial charge in [-0.05, 0) is 48.5 Å². The van der Waals surface area contributed by atoms with Crippen molar-refractivity contribution < 1.29 is 13.6 Å². The molecular formula is C21H14ClF2N3O. The third-order valence-electron chi connectivity index (χ3n) is 4.25. The lowest BCUT2D eigenvalue weighted by molar-refractivity contribution is 0.262. The summed E-state index contributed by atoms with van der Waals surface area (Å²) in [5.74, 6) is -0.914. The lowest BCUT2D eigenvalue weighted by Crippen LogP contribution is -2.19. The zero-order valence-electron chi connectivity index (χ0n) is 14.4. The summed E-state index contributed by atoms with van der Waals surface area (Å²) in [5, 5.41) is 6.16. The first-order chi connectivity index (χ1) is 13.5. The number of aromatic nitrogens is 1. The van der Waals surface area contributed by atoms with Crippen molar-refractivity contribution in [2.75, 3.05) is 10.6 Å². The van der Waals surface area contributed by atoms with Gasteiger partial charge in [0.25, 0.3) is 0 Å². The van der Waals surface area contributed by atoms with Crippen molar-refractivity contribution in [3.8, 4) is 11.3 Å². The van der Waals surface area contributed by atoms with Crippen molar-refractivity contribution in [2.45, 2.75) is 0 Å². The molecule has 0 aliphatic heterocycles. The summed E-state index contributed by atoms with van der Waals surface area (Å²) in [6.45, 7) is 0. The number of aromatic amines is 1. The predicted molar refractivity (Wildman–Crippen MR) is 108 cm³/mol. The maximum absolute atomic E-state index is 13.3. The van der Waals surface area contributed by atoms with Crippen LogP contribution in [0.4, 0.5) is 25.0 Å². The van der Waals surface area contributed by atoms with Crippen LogP contribution in [0.1, 0.15) is 0 Å². The molecule has 140 valence electrons. The lowest BCUT2D eigenvalue weighted by atomic mass is 10.1. The molecule has 1 aromatic heterocycles. The molecule has 0 atom stereocenters. The van der Waals surface area contributed by atoms with Gasteiger partial charge in [-0.2, -0.15) is 0 Å². The number of carbonyl (C=O) groups is 1. The highest BCUT2D eigenvalue weighted by atomic mass is 35.5. The molecule has 4 nitrogen and oxygen atoms in total. The van der Waals surface area contributed by atoms with Crippen molar-refractivity contribution in [3.63, 3.8) is 0 Å². The molecule has 28 heavy (non-hydrogen) atoms.